The summed E-state index contributed by atoms with van der Waals surface area (Å²) in [5.41, 5.74) is 2.07. The first-order valence-corrected chi connectivity index (χ1v) is 6.36. The number of aliphatic hydroxyl groups is 1. The normalized spacial score (nSPS) is 16.3. The molecular weight excluding hydrogens is 317 g/mol. The van der Waals surface area contributed by atoms with Crippen molar-refractivity contribution < 1.29 is 9.84 Å². The minimum atomic E-state index is 0.0344. The Labute approximate surface area is 109 Å². The number of methoxy groups -OCH3 is 1. The molecule has 0 aliphatic heterocycles. The van der Waals surface area contributed by atoms with E-state index >= 15 is 0 Å². The highest BCUT2D eigenvalue weighted by atomic mass is 127. The van der Waals surface area contributed by atoms with Gasteiger partial charge in [-0.25, -0.2) is 4.98 Å². The third-order valence-corrected chi connectivity index (χ3v) is 3.61. The lowest BCUT2D eigenvalue weighted by Crippen LogP contribution is -1.96. The maximum atomic E-state index is 8.84. The van der Waals surface area contributed by atoms with Gasteiger partial charge in [-0.2, -0.15) is 0 Å². The lowest BCUT2D eigenvalue weighted by molar-refractivity contribution is 0.343. The van der Waals surface area contributed by atoms with Crippen LogP contribution in [0, 0.1) is 0 Å². The van der Waals surface area contributed by atoms with Crippen LogP contribution < -0.4 is 4.74 Å². The fourth-order valence-corrected chi connectivity index (χ4v) is 2.13. The fourth-order valence-electron chi connectivity index (χ4n) is 1.64. The van der Waals surface area contributed by atoms with Gasteiger partial charge in [0.2, 0.25) is 5.88 Å². The van der Waals surface area contributed by atoms with Crippen molar-refractivity contribution in [1.29, 1.82) is 0 Å². The predicted octanol–water partition coefficient (Wildman–Crippen LogP) is 2.74. The Kier molecular flexibility index (Phi) is 3.81. The van der Waals surface area contributed by atoms with Gasteiger partial charge in [-0.15, -0.1) is 0 Å². The van der Waals surface area contributed by atoms with Gasteiger partial charge in [-0.05, 0) is 53.5 Å². The molecular formula is C12H14INO2. The zero-order valence-electron chi connectivity index (χ0n) is 9.11. The Bertz CT molecular complexity index is 413. The van der Waals surface area contributed by atoms with Crippen LogP contribution in [-0.2, 0) is 0 Å². The van der Waals surface area contributed by atoms with Crippen molar-refractivity contribution in [3.63, 3.8) is 0 Å². The van der Waals surface area contributed by atoms with E-state index in [0.717, 1.165) is 15.2 Å². The Hall–Kier alpha value is -0.620. The van der Waals surface area contributed by atoms with Crippen molar-refractivity contribution in [2.45, 2.75) is 18.8 Å². The van der Waals surface area contributed by atoms with Gasteiger partial charge >= 0.3 is 0 Å². The second-order valence-electron chi connectivity index (χ2n) is 3.80. The van der Waals surface area contributed by atoms with E-state index in [2.05, 4.69) is 33.6 Å². The Morgan fingerprint density at radius 3 is 2.94 bits per heavy atom. The third-order valence-electron chi connectivity index (χ3n) is 2.62. The van der Waals surface area contributed by atoms with Crippen LogP contribution in [0.2, 0.25) is 0 Å². The second kappa shape index (κ2) is 5.14. The zero-order chi connectivity index (χ0) is 11.5. The standard InChI is InChI=1S/C12H14INO2/c1-16-12-9(8-2-3-8)4-5-11(14-12)10(13)6-7-15/h4-6,8,15H,2-3,7H2,1H3/b10-6-. The molecule has 86 valence electrons. The first-order valence-electron chi connectivity index (χ1n) is 5.28. The molecule has 0 spiro atoms. The molecule has 0 atom stereocenters. The van der Waals surface area contributed by atoms with E-state index in [1.165, 1.54) is 18.4 Å². The molecule has 1 heterocycles. The van der Waals surface area contributed by atoms with Gasteiger partial charge in [0.15, 0.2) is 0 Å². The van der Waals surface area contributed by atoms with Gasteiger partial charge in [0.05, 0.1) is 19.4 Å². The molecule has 1 aromatic rings. The second-order valence-corrected chi connectivity index (χ2v) is 4.97. The molecule has 3 nitrogen and oxygen atoms in total. The van der Waals surface area contributed by atoms with Crippen LogP contribution >= 0.6 is 22.6 Å². The number of nitrogens with zero attached hydrogens (tertiary/aromatic N) is 1. The Morgan fingerprint density at radius 2 is 2.38 bits per heavy atom. The number of hydrogen-bond acceptors (Lipinski definition) is 3. The maximum absolute atomic E-state index is 8.84. The summed E-state index contributed by atoms with van der Waals surface area (Å²) < 4.78 is 6.26. The lowest BCUT2D eigenvalue weighted by atomic mass is 10.1. The van der Waals surface area contributed by atoms with Gasteiger partial charge in [-0.3, -0.25) is 0 Å². The topological polar surface area (TPSA) is 42.4 Å². The highest BCUT2D eigenvalue weighted by Crippen LogP contribution is 2.44. The summed E-state index contributed by atoms with van der Waals surface area (Å²) in [5, 5.41) is 8.84. The van der Waals surface area contributed by atoms with E-state index in [-0.39, 0.29) is 6.61 Å². The van der Waals surface area contributed by atoms with Gasteiger partial charge in [0, 0.05) is 9.14 Å². The summed E-state index contributed by atoms with van der Waals surface area (Å²) >= 11 is 2.17. The number of aromatic nitrogens is 1. The summed E-state index contributed by atoms with van der Waals surface area (Å²) in [6.07, 6.45) is 4.21. The number of aliphatic hydroxyl groups excluding tert-OH is 1. The molecule has 1 N–H and O–H groups in total. The first-order chi connectivity index (χ1) is 7.76. The average molecular weight is 331 g/mol. The molecule has 1 fully saturated rings. The number of halogens is 1. The molecule has 16 heavy (non-hydrogen) atoms. The summed E-state index contributed by atoms with van der Waals surface area (Å²) in [4.78, 5) is 4.46. The molecule has 0 saturated heterocycles. The van der Waals surface area contributed by atoms with Crippen LogP contribution in [0.1, 0.15) is 30.0 Å². The number of hydrogen-bond donors (Lipinski definition) is 1. The van der Waals surface area contributed by atoms with Crippen molar-refractivity contribution in [2.24, 2.45) is 0 Å². The summed E-state index contributed by atoms with van der Waals surface area (Å²) in [6.45, 7) is 0.0344. The summed E-state index contributed by atoms with van der Waals surface area (Å²) in [7, 11) is 1.65. The van der Waals surface area contributed by atoms with Crippen LogP contribution in [0.25, 0.3) is 3.58 Å². The molecule has 1 aromatic heterocycles. The molecule has 1 aliphatic carbocycles. The van der Waals surface area contributed by atoms with Crippen molar-refractivity contribution in [1.82, 2.24) is 4.98 Å². The number of ether oxygens (including phenoxy) is 1. The molecule has 0 radical (unpaired) electrons. The Balaban J connectivity index is 2.32. The highest BCUT2D eigenvalue weighted by Gasteiger charge is 2.27. The van der Waals surface area contributed by atoms with Crippen molar-refractivity contribution in [3.05, 3.63) is 29.5 Å². The first kappa shape index (κ1) is 11.9. The summed E-state index contributed by atoms with van der Waals surface area (Å²) in [5.74, 6) is 1.36. The van der Waals surface area contributed by atoms with Crippen LogP contribution in [-0.4, -0.2) is 23.8 Å². The molecule has 0 bridgehead atoms. The molecule has 0 aromatic carbocycles. The number of rotatable bonds is 4. The third kappa shape index (κ3) is 2.55. The minimum absolute atomic E-state index is 0.0344. The van der Waals surface area contributed by atoms with Crippen LogP contribution in [0.5, 0.6) is 5.88 Å². The number of pyridine rings is 1. The van der Waals surface area contributed by atoms with Crippen LogP contribution in [0.4, 0.5) is 0 Å². The van der Waals surface area contributed by atoms with Gasteiger partial charge in [0.25, 0.3) is 0 Å². The smallest absolute Gasteiger partial charge is 0.217 e. The molecule has 4 heteroatoms. The zero-order valence-corrected chi connectivity index (χ0v) is 11.3. The predicted molar refractivity (Wildman–Crippen MR) is 71.8 cm³/mol. The quantitative estimate of drug-likeness (QED) is 0.863. The van der Waals surface area contributed by atoms with Gasteiger partial charge in [-0.1, -0.05) is 6.07 Å². The van der Waals surface area contributed by atoms with E-state index in [1.54, 1.807) is 13.2 Å². The molecule has 0 amide bonds. The van der Waals surface area contributed by atoms with Crippen molar-refractivity contribution in [2.75, 3.05) is 13.7 Å². The molecule has 2 rings (SSSR count). The monoisotopic (exact) mass is 331 g/mol. The van der Waals surface area contributed by atoms with Gasteiger partial charge < -0.3 is 9.84 Å². The maximum Gasteiger partial charge on any atom is 0.217 e. The van der Waals surface area contributed by atoms with E-state index in [0.29, 0.717) is 5.92 Å². The van der Waals surface area contributed by atoms with Crippen LogP contribution in [0.3, 0.4) is 0 Å². The lowest BCUT2D eigenvalue weighted by Gasteiger charge is -2.08. The average Bonchev–Trinajstić information content (AvgIpc) is 3.12. The molecule has 1 aliphatic rings. The van der Waals surface area contributed by atoms with Crippen LogP contribution in [0.15, 0.2) is 18.2 Å². The van der Waals surface area contributed by atoms with Crippen molar-refractivity contribution >= 4 is 26.2 Å². The SMILES string of the molecule is COc1nc(/C(I)=C/CO)ccc1C1CC1. The largest absolute Gasteiger partial charge is 0.481 e. The fraction of sp³-hybridized carbons (Fsp3) is 0.417. The van der Waals surface area contributed by atoms with E-state index < -0.39 is 0 Å². The van der Waals surface area contributed by atoms with E-state index in [1.807, 2.05) is 6.07 Å². The van der Waals surface area contributed by atoms with E-state index in [4.69, 9.17) is 9.84 Å². The summed E-state index contributed by atoms with van der Waals surface area (Å²) in [6, 6.07) is 4.08. The minimum Gasteiger partial charge on any atom is -0.481 e. The van der Waals surface area contributed by atoms with Crippen molar-refractivity contribution in [3.8, 4) is 5.88 Å². The Morgan fingerprint density at radius 1 is 1.62 bits per heavy atom. The van der Waals surface area contributed by atoms with Gasteiger partial charge in [0.1, 0.15) is 0 Å². The molecule has 0 unspecified atom stereocenters. The highest BCUT2D eigenvalue weighted by molar-refractivity contribution is 14.1. The van der Waals surface area contributed by atoms with E-state index in [9.17, 15) is 0 Å². The molecule has 1 saturated carbocycles.